The molecule has 1 amide bonds. The molecule has 3 nitrogen and oxygen atoms in total. The Balaban J connectivity index is 1.77. The largest absolute Gasteiger partial charge is 0.296 e. The maximum Gasteiger partial charge on any atom is 0.234 e. The highest BCUT2D eigenvalue weighted by Gasteiger charge is 2.18. The van der Waals surface area contributed by atoms with Crippen LogP contribution in [0, 0.1) is 5.82 Å². The first-order valence-corrected chi connectivity index (χ1v) is 10.3. The number of benzene rings is 2. The van der Waals surface area contributed by atoms with Crippen LogP contribution >= 0.6 is 11.9 Å². The zero-order valence-corrected chi connectivity index (χ0v) is 17.4. The van der Waals surface area contributed by atoms with Gasteiger partial charge < -0.3 is 0 Å². The molecule has 0 spiro atoms. The number of hydrogen-bond donors (Lipinski definition) is 1. The molecule has 0 unspecified atom stereocenters. The average molecular weight is 397 g/mol. The van der Waals surface area contributed by atoms with Crippen molar-refractivity contribution < 1.29 is 9.18 Å². The number of rotatable bonds is 6. The third-order valence-corrected chi connectivity index (χ3v) is 5.50. The number of amides is 1. The molecule has 3 rings (SSSR count). The second-order valence-electron chi connectivity index (χ2n) is 7.54. The molecule has 0 saturated heterocycles. The Morgan fingerprint density at radius 1 is 1.07 bits per heavy atom. The molecule has 28 heavy (non-hydrogen) atoms. The van der Waals surface area contributed by atoms with Crippen molar-refractivity contribution >= 4 is 28.8 Å². The third-order valence-electron chi connectivity index (χ3n) is 4.71. The Labute approximate surface area is 169 Å². The van der Waals surface area contributed by atoms with Crippen LogP contribution in [-0.2, 0) is 11.2 Å². The molecule has 1 heterocycles. The number of nitrogens with zero attached hydrogens (tertiary/aromatic N) is 1. The Morgan fingerprint density at radius 2 is 1.71 bits per heavy atom. The minimum Gasteiger partial charge on any atom is -0.296 e. The predicted molar refractivity (Wildman–Crippen MR) is 114 cm³/mol. The maximum absolute atomic E-state index is 14.1. The summed E-state index contributed by atoms with van der Waals surface area (Å²) >= 11 is 1.26. The van der Waals surface area contributed by atoms with Crippen molar-refractivity contribution in [2.45, 2.75) is 50.8 Å². The van der Waals surface area contributed by atoms with Gasteiger partial charge in [-0.25, -0.2) is 4.39 Å². The van der Waals surface area contributed by atoms with Gasteiger partial charge in [-0.05, 0) is 64.7 Å². The monoisotopic (exact) mass is 396 g/mol. The second-order valence-corrected chi connectivity index (χ2v) is 8.42. The topological polar surface area (TPSA) is 42.0 Å². The van der Waals surface area contributed by atoms with Gasteiger partial charge in [0, 0.05) is 16.5 Å². The van der Waals surface area contributed by atoms with E-state index in [4.69, 9.17) is 0 Å². The third kappa shape index (κ3) is 4.71. The summed E-state index contributed by atoms with van der Waals surface area (Å²) in [6.07, 6.45) is 1.99. The van der Waals surface area contributed by atoms with Crippen molar-refractivity contribution in [2.75, 3.05) is 0 Å². The van der Waals surface area contributed by atoms with Crippen LogP contribution in [0.4, 0.5) is 4.39 Å². The molecule has 146 valence electrons. The Bertz CT molecular complexity index is 972. The van der Waals surface area contributed by atoms with Crippen molar-refractivity contribution in [1.82, 2.24) is 9.71 Å². The second kappa shape index (κ2) is 8.74. The van der Waals surface area contributed by atoms with Crippen molar-refractivity contribution in [1.29, 1.82) is 0 Å². The zero-order chi connectivity index (χ0) is 20.3. The first-order chi connectivity index (χ1) is 13.3. The highest BCUT2D eigenvalue weighted by Crippen LogP contribution is 2.30. The number of carbonyl (C=O) groups excluding carboxylic acids is 1. The van der Waals surface area contributed by atoms with E-state index in [1.165, 1.54) is 11.9 Å². The van der Waals surface area contributed by atoms with Gasteiger partial charge in [0.05, 0.1) is 11.9 Å². The number of pyridine rings is 1. The maximum atomic E-state index is 14.1. The molecule has 0 saturated carbocycles. The van der Waals surface area contributed by atoms with E-state index in [1.54, 1.807) is 18.3 Å². The summed E-state index contributed by atoms with van der Waals surface area (Å²) < 4.78 is 17.0. The molecule has 3 aromatic rings. The molecule has 0 aliphatic heterocycles. The van der Waals surface area contributed by atoms with E-state index in [0.717, 1.165) is 32.5 Å². The quantitative estimate of drug-likeness (QED) is 0.521. The number of nitrogens with one attached hydrogen (secondary N) is 1. The van der Waals surface area contributed by atoms with Crippen molar-refractivity contribution in [2.24, 2.45) is 0 Å². The van der Waals surface area contributed by atoms with Crippen molar-refractivity contribution in [3.05, 3.63) is 71.2 Å². The Kier molecular flexibility index (Phi) is 6.35. The fourth-order valence-corrected chi connectivity index (χ4v) is 3.93. The minimum atomic E-state index is -0.242. The fourth-order valence-electron chi connectivity index (χ4n) is 3.33. The van der Waals surface area contributed by atoms with Gasteiger partial charge in [-0.2, -0.15) is 0 Å². The van der Waals surface area contributed by atoms with Crippen LogP contribution in [0.1, 0.15) is 56.2 Å². The number of halogens is 1. The van der Waals surface area contributed by atoms with E-state index < -0.39 is 0 Å². The molecule has 0 fully saturated rings. The molecule has 0 radical (unpaired) electrons. The molecule has 2 aromatic carbocycles. The number of carbonyl (C=O) groups is 1. The molecule has 0 aliphatic rings. The first-order valence-electron chi connectivity index (χ1n) is 9.48. The minimum absolute atomic E-state index is 0.103. The first kappa shape index (κ1) is 20.3. The average Bonchev–Trinajstić information content (AvgIpc) is 2.66. The highest BCUT2D eigenvalue weighted by molar-refractivity contribution is 7.98. The van der Waals surface area contributed by atoms with Crippen LogP contribution in [0.5, 0.6) is 0 Å². The molecular weight excluding hydrogens is 371 g/mol. The van der Waals surface area contributed by atoms with Gasteiger partial charge in [-0.15, -0.1) is 0 Å². The standard InChI is InChI=1S/C23H25FN2OS/c1-14(2)19-10-17(24)11-20(15(3)4)21(19)12-23(27)26-28-18-9-16-7-5-6-8-22(16)25-13-18/h5-11,13-15H,12H2,1-4H3,(H,26,27). The van der Waals surface area contributed by atoms with Crippen molar-refractivity contribution in [3.8, 4) is 0 Å². The summed E-state index contributed by atoms with van der Waals surface area (Å²) in [6, 6.07) is 13.0. The van der Waals surface area contributed by atoms with Gasteiger partial charge in [0.2, 0.25) is 5.91 Å². The number of aromatic nitrogens is 1. The van der Waals surface area contributed by atoms with Crippen LogP contribution in [0.3, 0.4) is 0 Å². The smallest absolute Gasteiger partial charge is 0.234 e. The van der Waals surface area contributed by atoms with E-state index in [9.17, 15) is 9.18 Å². The van der Waals surface area contributed by atoms with E-state index >= 15 is 0 Å². The van der Waals surface area contributed by atoms with E-state index in [-0.39, 0.29) is 30.0 Å². The zero-order valence-electron chi connectivity index (χ0n) is 16.6. The molecule has 0 atom stereocenters. The normalized spacial score (nSPS) is 11.4. The highest BCUT2D eigenvalue weighted by atomic mass is 32.2. The predicted octanol–water partition coefficient (Wildman–Crippen LogP) is 5.99. The molecule has 5 heteroatoms. The molecule has 1 N–H and O–H groups in total. The lowest BCUT2D eigenvalue weighted by Gasteiger charge is -2.19. The SMILES string of the molecule is CC(C)c1cc(F)cc(C(C)C)c1CC(=O)NSc1cnc2ccccc2c1. The lowest BCUT2D eigenvalue weighted by atomic mass is 9.87. The van der Waals surface area contributed by atoms with Crippen LogP contribution in [0.2, 0.25) is 0 Å². The van der Waals surface area contributed by atoms with Gasteiger partial charge >= 0.3 is 0 Å². The summed E-state index contributed by atoms with van der Waals surface area (Å²) in [4.78, 5) is 17.9. The Morgan fingerprint density at radius 3 is 2.36 bits per heavy atom. The van der Waals surface area contributed by atoms with E-state index in [1.807, 2.05) is 58.0 Å². The molecular formula is C23H25FN2OS. The van der Waals surface area contributed by atoms with Crippen molar-refractivity contribution in [3.63, 3.8) is 0 Å². The summed E-state index contributed by atoms with van der Waals surface area (Å²) in [5.41, 5.74) is 3.65. The van der Waals surface area contributed by atoms with Gasteiger partial charge in [-0.1, -0.05) is 45.9 Å². The summed E-state index contributed by atoms with van der Waals surface area (Å²) in [5, 5.41) is 1.03. The van der Waals surface area contributed by atoms with Gasteiger partial charge in [-0.3, -0.25) is 14.5 Å². The molecule has 0 bridgehead atoms. The summed E-state index contributed by atoms with van der Waals surface area (Å²) in [5.74, 6) is -0.0524. The van der Waals surface area contributed by atoms with E-state index in [2.05, 4.69) is 9.71 Å². The number of para-hydroxylation sites is 1. The van der Waals surface area contributed by atoms with Crippen LogP contribution in [-0.4, -0.2) is 10.9 Å². The lowest BCUT2D eigenvalue weighted by Crippen LogP contribution is -2.20. The van der Waals surface area contributed by atoms with Crippen LogP contribution in [0.15, 0.2) is 53.6 Å². The van der Waals surface area contributed by atoms with E-state index in [0.29, 0.717) is 0 Å². The number of fused-ring (bicyclic) bond motifs is 1. The van der Waals surface area contributed by atoms with Gasteiger partial charge in [0.1, 0.15) is 5.82 Å². The van der Waals surface area contributed by atoms with Gasteiger partial charge in [0.25, 0.3) is 0 Å². The van der Waals surface area contributed by atoms with Crippen LogP contribution < -0.4 is 4.72 Å². The number of hydrogen-bond acceptors (Lipinski definition) is 3. The van der Waals surface area contributed by atoms with Crippen LogP contribution in [0.25, 0.3) is 10.9 Å². The molecule has 0 aliphatic carbocycles. The fraction of sp³-hybridized carbons (Fsp3) is 0.304. The summed E-state index contributed by atoms with van der Waals surface area (Å²) in [7, 11) is 0. The Hall–Kier alpha value is -2.40. The summed E-state index contributed by atoms with van der Waals surface area (Å²) in [6.45, 7) is 8.09. The molecule has 1 aromatic heterocycles. The lowest BCUT2D eigenvalue weighted by molar-refractivity contribution is -0.118. The van der Waals surface area contributed by atoms with Gasteiger partial charge in [0.15, 0.2) is 0 Å².